The van der Waals surface area contributed by atoms with E-state index >= 15 is 0 Å². The highest BCUT2D eigenvalue weighted by atomic mass is 35.5. The lowest BCUT2D eigenvalue weighted by molar-refractivity contribution is 0.194. The molecular weight excluding hydrogens is 320 g/mol. The maximum absolute atomic E-state index is 4.54. The standard InChI is InChI=1S/C19H26N4.ClH/c1-2-4-17(5-3-1)14-23-15-18(12-21-23)13-22-11-8-19(16-22)6-9-20-10-7-19;/h1-5,12,15,20H,6-11,13-14,16H2;1H. The van der Waals surface area contributed by atoms with Gasteiger partial charge in [0.1, 0.15) is 0 Å². The Kier molecular flexibility index (Phi) is 5.59. The van der Waals surface area contributed by atoms with Gasteiger partial charge in [-0.05, 0) is 49.9 Å². The normalized spacial score (nSPS) is 20.2. The van der Waals surface area contributed by atoms with E-state index < -0.39 is 0 Å². The van der Waals surface area contributed by atoms with Gasteiger partial charge in [-0.1, -0.05) is 30.3 Å². The molecular formula is C19H27ClN4. The fourth-order valence-corrected chi connectivity index (χ4v) is 4.13. The lowest BCUT2D eigenvalue weighted by Gasteiger charge is -2.33. The van der Waals surface area contributed by atoms with Crippen LogP contribution in [0.3, 0.4) is 0 Å². The average molecular weight is 347 g/mol. The Hall–Kier alpha value is -1.36. The van der Waals surface area contributed by atoms with Crippen LogP contribution in [0, 0.1) is 5.41 Å². The van der Waals surface area contributed by atoms with E-state index in [1.54, 1.807) is 0 Å². The van der Waals surface area contributed by atoms with Crippen molar-refractivity contribution >= 4 is 12.4 Å². The fraction of sp³-hybridized carbons (Fsp3) is 0.526. The van der Waals surface area contributed by atoms with Crippen LogP contribution in [0.5, 0.6) is 0 Å². The third-order valence-electron chi connectivity index (χ3n) is 5.46. The molecule has 1 N–H and O–H groups in total. The van der Waals surface area contributed by atoms with Gasteiger partial charge in [0.15, 0.2) is 0 Å². The summed E-state index contributed by atoms with van der Waals surface area (Å²) in [4.78, 5) is 2.62. The van der Waals surface area contributed by atoms with Crippen LogP contribution in [0.25, 0.3) is 0 Å². The quantitative estimate of drug-likeness (QED) is 0.924. The van der Waals surface area contributed by atoms with Crippen LogP contribution < -0.4 is 5.32 Å². The molecule has 1 aromatic heterocycles. The highest BCUT2D eigenvalue weighted by Crippen LogP contribution is 2.38. The first-order valence-corrected chi connectivity index (χ1v) is 8.80. The lowest BCUT2D eigenvalue weighted by Crippen LogP contribution is -2.38. The summed E-state index contributed by atoms with van der Waals surface area (Å²) in [5, 5.41) is 8.03. The molecule has 1 aromatic carbocycles. The zero-order chi connectivity index (χ0) is 15.5. The van der Waals surface area contributed by atoms with Gasteiger partial charge >= 0.3 is 0 Å². The third-order valence-corrected chi connectivity index (χ3v) is 5.46. The molecule has 5 heteroatoms. The molecule has 2 saturated heterocycles. The minimum Gasteiger partial charge on any atom is -0.317 e. The Morgan fingerprint density at radius 3 is 2.58 bits per heavy atom. The van der Waals surface area contributed by atoms with E-state index in [0.29, 0.717) is 5.41 Å². The van der Waals surface area contributed by atoms with E-state index in [4.69, 9.17) is 0 Å². The number of likely N-dealkylation sites (tertiary alicyclic amines) is 1. The highest BCUT2D eigenvalue weighted by molar-refractivity contribution is 5.85. The molecule has 0 saturated carbocycles. The summed E-state index contributed by atoms with van der Waals surface area (Å²) in [5.41, 5.74) is 3.23. The van der Waals surface area contributed by atoms with Crippen LogP contribution >= 0.6 is 12.4 Å². The Bertz CT molecular complexity index is 634. The second-order valence-corrected chi connectivity index (χ2v) is 7.24. The van der Waals surface area contributed by atoms with Crippen LogP contribution in [0.4, 0.5) is 0 Å². The number of rotatable bonds is 4. The van der Waals surface area contributed by atoms with Crippen LogP contribution in [-0.2, 0) is 13.1 Å². The Labute approximate surface area is 150 Å². The molecule has 3 heterocycles. The molecule has 0 atom stereocenters. The molecule has 2 aliphatic heterocycles. The number of hydrogen-bond donors (Lipinski definition) is 1. The fourth-order valence-electron chi connectivity index (χ4n) is 4.13. The molecule has 2 fully saturated rings. The van der Waals surface area contributed by atoms with Gasteiger partial charge in [-0.3, -0.25) is 9.58 Å². The van der Waals surface area contributed by atoms with Crippen LogP contribution in [0.2, 0.25) is 0 Å². The molecule has 2 aliphatic rings. The Morgan fingerprint density at radius 1 is 1.00 bits per heavy atom. The van der Waals surface area contributed by atoms with Crippen molar-refractivity contribution < 1.29 is 0 Å². The summed E-state index contributed by atoms with van der Waals surface area (Å²) in [6, 6.07) is 10.5. The molecule has 0 bridgehead atoms. The summed E-state index contributed by atoms with van der Waals surface area (Å²) in [6.45, 7) is 6.80. The van der Waals surface area contributed by atoms with Gasteiger partial charge in [-0.2, -0.15) is 5.10 Å². The van der Waals surface area contributed by atoms with Gasteiger partial charge in [-0.25, -0.2) is 0 Å². The monoisotopic (exact) mass is 346 g/mol. The van der Waals surface area contributed by atoms with Crippen molar-refractivity contribution in [2.24, 2.45) is 5.41 Å². The SMILES string of the molecule is Cl.c1ccc(Cn2cc(CN3CCC4(CCNCC4)C3)cn2)cc1. The smallest absolute Gasteiger partial charge is 0.0659 e. The van der Waals surface area contributed by atoms with E-state index in [9.17, 15) is 0 Å². The first-order valence-electron chi connectivity index (χ1n) is 8.80. The first kappa shape index (κ1) is 17.5. The van der Waals surface area contributed by atoms with Crippen molar-refractivity contribution in [3.8, 4) is 0 Å². The van der Waals surface area contributed by atoms with Gasteiger partial charge in [0.05, 0.1) is 12.7 Å². The number of halogens is 1. The van der Waals surface area contributed by atoms with Crippen LogP contribution in [0.1, 0.15) is 30.4 Å². The topological polar surface area (TPSA) is 33.1 Å². The Morgan fingerprint density at radius 2 is 1.79 bits per heavy atom. The molecule has 0 unspecified atom stereocenters. The number of aromatic nitrogens is 2. The molecule has 2 aromatic rings. The van der Waals surface area contributed by atoms with Gasteiger partial charge < -0.3 is 5.32 Å². The maximum atomic E-state index is 4.54. The minimum absolute atomic E-state index is 0. The van der Waals surface area contributed by atoms with Gasteiger partial charge in [0.25, 0.3) is 0 Å². The second-order valence-electron chi connectivity index (χ2n) is 7.24. The number of hydrogen-bond acceptors (Lipinski definition) is 3. The van der Waals surface area contributed by atoms with Gasteiger partial charge in [-0.15, -0.1) is 12.4 Å². The molecule has 4 nitrogen and oxygen atoms in total. The highest BCUT2D eigenvalue weighted by Gasteiger charge is 2.38. The van der Waals surface area contributed by atoms with Crippen LogP contribution in [0.15, 0.2) is 42.7 Å². The number of nitrogens with zero attached hydrogens (tertiary/aromatic N) is 3. The predicted molar refractivity (Wildman–Crippen MR) is 99.4 cm³/mol. The van der Waals surface area contributed by atoms with Crippen molar-refractivity contribution in [3.63, 3.8) is 0 Å². The molecule has 0 amide bonds. The first-order chi connectivity index (χ1) is 11.3. The van der Waals surface area contributed by atoms with Crippen molar-refractivity contribution in [1.29, 1.82) is 0 Å². The second kappa shape index (κ2) is 7.68. The summed E-state index contributed by atoms with van der Waals surface area (Å²) in [5.74, 6) is 0. The van der Waals surface area contributed by atoms with Crippen LogP contribution in [-0.4, -0.2) is 40.9 Å². The van der Waals surface area contributed by atoms with E-state index in [1.165, 1.54) is 56.6 Å². The summed E-state index contributed by atoms with van der Waals surface area (Å²) >= 11 is 0. The zero-order valence-corrected chi connectivity index (χ0v) is 15.0. The summed E-state index contributed by atoms with van der Waals surface area (Å²) in [6.07, 6.45) is 8.30. The number of nitrogens with one attached hydrogen (secondary N) is 1. The molecule has 130 valence electrons. The Balaban J connectivity index is 0.00000169. The van der Waals surface area contributed by atoms with Crippen molar-refractivity contribution in [2.75, 3.05) is 26.2 Å². The van der Waals surface area contributed by atoms with E-state index in [-0.39, 0.29) is 12.4 Å². The van der Waals surface area contributed by atoms with Crippen molar-refractivity contribution in [3.05, 3.63) is 53.9 Å². The van der Waals surface area contributed by atoms with Crippen molar-refractivity contribution in [1.82, 2.24) is 20.0 Å². The molecule has 4 rings (SSSR count). The van der Waals surface area contributed by atoms with E-state index in [2.05, 4.69) is 56.5 Å². The van der Waals surface area contributed by atoms with Crippen molar-refractivity contribution in [2.45, 2.75) is 32.4 Å². The summed E-state index contributed by atoms with van der Waals surface area (Å²) in [7, 11) is 0. The lowest BCUT2D eigenvalue weighted by atomic mass is 9.78. The molecule has 24 heavy (non-hydrogen) atoms. The van der Waals surface area contributed by atoms with E-state index in [1.807, 2.05) is 6.20 Å². The largest absolute Gasteiger partial charge is 0.317 e. The summed E-state index contributed by atoms with van der Waals surface area (Å²) < 4.78 is 2.06. The minimum atomic E-state index is 0. The van der Waals surface area contributed by atoms with E-state index in [0.717, 1.165) is 13.1 Å². The van der Waals surface area contributed by atoms with Gasteiger partial charge in [0, 0.05) is 24.8 Å². The average Bonchev–Trinajstić information content (AvgIpc) is 3.17. The zero-order valence-electron chi connectivity index (χ0n) is 14.2. The third kappa shape index (κ3) is 4.00. The maximum Gasteiger partial charge on any atom is 0.0659 e. The molecule has 1 spiro atoms. The number of piperidine rings is 1. The molecule has 0 aliphatic carbocycles. The van der Waals surface area contributed by atoms with Gasteiger partial charge in [0.2, 0.25) is 0 Å². The molecule has 0 radical (unpaired) electrons. The predicted octanol–water partition coefficient (Wildman–Crippen LogP) is 2.93. The number of benzene rings is 1.